The molecule has 2 rings (SSSR count). The van der Waals surface area contributed by atoms with Gasteiger partial charge in [0.1, 0.15) is 0 Å². The lowest BCUT2D eigenvalue weighted by atomic mass is 10.1. The van der Waals surface area contributed by atoms with E-state index in [1.54, 1.807) is 0 Å². The molecule has 144 valence electrons. The van der Waals surface area contributed by atoms with Gasteiger partial charge >= 0.3 is 6.18 Å². The number of amides is 2. The lowest BCUT2D eigenvalue weighted by Gasteiger charge is -2.18. The van der Waals surface area contributed by atoms with E-state index in [0.717, 1.165) is 16.5 Å². The minimum Gasteiger partial charge on any atom is -0.336 e. The van der Waals surface area contributed by atoms with Crippen LogP contribution in [0.2, 0.25) is 0 Å². The second-order valence-electron chi connectivity index (χ2n) is 5.95. The fraction of sp³-hybridized carbons (Fsp3) is 0.263. The molecule has 0 aliphatic rings. The molecule has 27 heavy (non-hydrogen) atoms. The Hall–Kier alpha value is -2.48. The maximum absolute atomic E-state index is 13.0. The molecule has 0 saturated heterocycles. The number of carbonyl (C=O) groups is 2. The summed E-state index contributed by atoms with van der Waals surface area (Å²) >= 11 is 1.34. The van der Waals surface area contributed by atoms with Gasteiger partial charge in [0.15, 0.2) is 0 Å². The monoisotopic (exact) mass is 396 g/mol. The fourth-order valence-electron chi connectivity index (χ4n) is 2.29. The molecule has 2 amide bonds. The number of carbonyl (C=O) groups excluding carboxylic acids is 2. The first-order chi connectivity index (χ1) is 12.7. The van der Waals surface area contributed by atoms with Crippen molar-refractivity contribution in [3.05, 3.63) is 59.7 Å². The van der Waals surface area contributed by atoms with E-state index in [1.807, 2.05) is 31.2 Å². The molecule has 0 unspecified atom stereocenters. The Balaban J connectivity index is 1.91. The van der Waals surface area contributed by atoms with Crippen molar-refractivity contribution in [1.29, 1.82) is 0 Å². The van der Waals surface area contributed by atoms with E-state index in [-0.39, 0.29) is 23.9 Å². The number of hydrogen-bond acceptors (Lipinski definition) is 3. The molecule has 0 bridgehead atoms. The number of likely N-dealkylation sites (N-methyl/N-ethyl adjacent to an activating group) is 1. The maximum atomic E-state index is 13.0. The summed E-state index contributed by atoms with van der Waals surface area (Å²) in [6.07, 6.45) is -4.57. The molecule has 2 aromatic carbocycles. The van der Waals surface area contributed by atoms with Crippen LogP contribution in [0, 0.1) is 6.92 Å². The number of anilines is 1. The number of nitrogens with one attached hydrogen (secondary N) is 1. The van der Waals surface area contributed by atoms with E-state index in [9.17, 15) is 22.8 Å². The predicted molar refractivity (Wildman–Crippen MR) is 99.6 cm³/mol. The van der Waals surface area contributed by atoms with E-state index < -0.39 is 17.6 Å². The van der Waals surface area contributed by atoms with Crippen LogP contribution in [0.1, 0.15) is 11.1 Å². The third-order valence-corrected chi connectivity index (χ3v) is 4.64. The van der Waals surface area contributed by atoms with Gasteiger partial charge in [-0.15, -0.1) is 11.8 Å². The van der Waals surface area contributed by atoms with Gasteiger partial charge in [-0.05, 0) is 31.2 Å². The summed E-state index contributed by atoms with van der Waals surface area (Å²) in [6.45, 7) is 1.61. The number of aryl methyl sites for hydroxylation is 1. The highest BCUT2D eigenvalue weighted by atomic mass is 32.2. The van der Waals surface area contributed by atoms with Crippen molar-refractivity contribution in [2.45, 2.75) is 18.0 Å². The smallest absolute Gasteiger partial charge is 0.336 e. The predicted octanol–water partition coefficient (Wildman–Crippen LogP) is 4.20. The van der Waals surface area contributed by atoms with E-state index in [4.69, 9.17) is 0 Å². The number of para-hydroxylation sites is 1. The summed E-state index contributed by atoms with van der Waals surface area (Å²) < 4.78 is 38.9. The molecule has 0 atom stereocenters. The molecule has 0 aliphatic carbocycles. The van der Waals surface area contributed by atoms with Crippen molar-refractivity contribution in [2.24, 2.45) is 0 Å². The van der Waals surface area contributed by atoms with E-state index >= 15 is 0 Å². The topological polar surface area (TPSA) is 49.4 Å². The molecular formula is C19H19F3N2O2S. The van der Waals surface area contributed by atoms with Crippen molar-refractivity contribution >= 4 is 29.3 Å². The zero-order valence-corrected chi connectivity index (χ0v) is 15.7. The Morgan fingerprint density at radius 1 is 1.11 bits per heavy atom. The maximum Gasteiger partial charge on any atom is 0.418 e. The van der Waals surface area contributed by atoms with Crippen LogP contribution in [0.3, 0.4) is 0 Å². The normalized spacial score (nSPS) is 11.1. The van der Waals surface area contributed by atoms with Crippen LogP contribution < -0.4 is 5.32 Å². The van der Waals surface area contributed by atoms with Gasteiger partial charge in [0, 0.05) is 11.9 Å². The van der Waals surface area contributed by atoms with E-state index in [0.29, 0.717) is 0 Å². The molecule has 0 fully saturated rings. The summed E-state index contributed by atoms with van der Waals surface area (Å²) in [7, 11) is 1.44. The number of hydrogen-bond donors (Lipinski definition) is 1. The fourth-order valence-corrected chi connectivity index (χ4v) is 3.25. The summed E-state index contributed by atoms with van der Waals surface area (Å²) in [5, 5.41) is 2.22. The molecule has 0 aliphatic heterocycles. The summed E-state index contributed by atoms with van der Waals surface area (Å²) in [6, 6.07) is 12.4. The average molecular weight is 396 g/mol. The van der Waals surface area contributed by atoms with Gasteiger partial charge in [0.25, 0.3) is 0 Å². The first-order valence-corrected chi connectivity index (χ1v) is 9.05. The van der Waals surface area contributed by atoms with Crippen molar-refractivity contribution in [3.63, 3.8) is 0 Å². The Morgan fingerprint density at radius 2 is 1.81 bits per heavy atom. The number of rotatable bonds is 6. The van der Waals surface area contributed by atoms with Crippen LogP contribution in [0.4, 0.5) is 18.9 Å². The van der Waals surface area contributed by atoms with Gasteiger partial charge in [0.2, 0.25) is 11.8 Å². The summed E-state index contributed by atoms with van der Waals surface area (Å²) in [5.74, 6) is -0.851. The highest BCUT2D eigenvalue weighted by Crippen LogP contribution is 2.34. The lowest BCUT2D eigenvalue weighted by molar-refractivity contribution is -0.137. The SMILES string of the molecule is Cc1cccc(SCC(=O)N(C)CC(=O)Nc2ccccc2C(F)(F)F)c1. The van der Waals surface area contributed by atoms with Crippen LogP contribution in [0.25, 0.3) is 0 Å². The quantitative estimate of drug-likeness (QED) is 0.745. The zero-order chi connectivity index (χ0) is 20.0. The van der Waals surface area contributed by atoms with E-state index in [1.165, 1.54) is 41.9 Å². The Kier molecular flexibility index (Phi) is 6.90. The van der Waals surface area contributed by atoms with Crippen LogP contribution >= 0.6 is 11.8 Å². The Labute approximate surface area is 159 Å². The molecule has 2 aromatic rings. The first-order valence-electron chi connectivity index (χ1n) is 8.06. The van der Waals surface area contributed by atoms with Crippen LogP contribution in [0.15, 0.2) is 53.4 Å². The summed E-state index contributed by atoms with van der Waals surface area (Å²) in [5.41, 5.74) is -0.184. The van der Waals surface area contributed by atoms with Crippen LogP contribution in [-0.4, -0.2) is 36.1 Å². The highest BCUT2D eigenvalue weighted by molar-refractivity contribution is 8.00. The molecular weight excluding hydrogens is 377 g/mol. The zero-order valence-electron chi connectivity index (χ0n) is 14.8. The van der Waals surface area contributed by atoms with E-state index in [2.05, 4.69) is 5.32 Å². The minimum absolute atomic E-state index is 0.131. The van der Waals surface area contributed by atoms with Gasteiger partial charge in [0.05, 0.1) is 23.5 Å². The third-order valence-electron chi connectivity index (χ3n) is 3.66. The van der Waals surface area contributed by atoms with Gasteiger partial charge in [-0.2, -0.15) is 13.2 Å². The Morgan fingerprint density at radius 3 is 2.48 bits per heavy atom. The number of thioether (sulfide) groups is 1. The van der Waals surface area contributed by atoms with Gasteiger partial charge in [-0.3, -0.25) is 9.59 Å². The number of halogens is 3. The third kappa shape index (κ3) is 6.32. The van der Waals surface area contributed by atoms with Crippen LogP contribution in [-0.2, 0) is 15.8 Å². The molecule has 0 heterocycles. The first kappa shape index (κ1) is 20.8. The number of benzene rings is 2. The van der Waals surface area contributed by atoms with Crippen LogP contribution in [0.5, 0.6) is 0 Å². The van der Waals surface area contributed by atoms with Crippen molar-refractivity contribution in [3.8, 4) is 0 Å². The largest absolute Gasteiger partial charge is 0.418 e. The highest BCUT2D eigenvalue weighted by Gasteiger charge is 2.33. The minimum atomic E-state index is -4.57. The van der Waals surface area contributed by atoms with Gasteiger partial charge < -0.3 is 10.2 Å². The lowest BCUT2D eigenvalue weighted by Crippen LogP contribution is -2.36. The molecule has 0 spiro atoms. The molecule has 1 N–H and O–H groups in total. The molecule has 0 saturated carbocycles. The second-order valence-corrected chi connectivity index (χ2v) is 7.00. The Bertz CT molecular complexity index is 825. The van der Waals surface area contributed by atoms with Crippen molar-refractivity contribution in [2.75, 3.05) is 24.7 Å². The molecule has 4 nitrogen and oxygen atoms in total. The second kappa shape index (κ2) is 8.94. The average Bonchev–Trinajstić information content (AvgIpc) is 2.59. The standard InChI is InChI=1S/C19H19F3N2O2S/c1-13-6-5-7-14(10-13)27-12-18(26)24(2)11-17(25)23-16-9-4-3-8-15(16)19(20,21)22/h3-10H,11-12H2,1-2H3,(H,23,25). The van der Waals surface area contributed by atoms with Gasteiger partial charge in [-0.1, -0.05) is 29.8 Å². The number of nitrogens with zero attached hydrogens (tertiary/aromatic N) is 1. The van der Waals surface area contributed by atoms with Gasteiger partial charge in [-0.25, -0.2) is 0 Å². The van der Waals surface area contributed by atoms with Crippen molar-refractivity contribution in [1.82, 2.24) is 4.90 Å². The number of alkyl halides is 3. The molecule has 0 radical (unpaired) electrons. The molecule has 0 aromatic heterocycles. The summed E-state index contributed by atoms with van der Waals surface area (Å²) in [4.78, 5) is 26.3. The van der Waals surface area contributed by atoms with Crippen molar-refractivity contribution < 1.29 is 22.8 Å². The molecule has 8 heteroatoms.